The monoisotopic (exact) mass is 300 g/mol. The third kappa shape index (κ3) is 2.66. The molecule has 0 amide bonds. The average Bonchev–Trinajstić information content (AvgIpc) is 2.30. The summed E-state index contributed by atoms with van der Waals surface area (Å²) in [6.07, 6.45) is 0. The van der Waals surface area contributed by atoms with Gasteiger partial charge in [0.15, 0.2) is 0 Å². The van der Waals surface area contributed by atoms with Crippen LogP contribution in [-0.4, -0.2) is 0 Å². The second-order valence-corrected chi connectivity index (χ2v) is 5.13. The van der Waals surface area contributed by atoms with E-state index in [0.29, 0.717) is 26.4 Å². The van der Waals surface area contributed by atoms with Crippen molar-refractivity contribution in [3.8, 4) is 0 Å². The Morgan fingerprint density at radius 3 is 2.33 bits per heavy atom. The van der Waals surface area contributed by atoms with E-state index in [1.807, 2.05) is 25.1 Å². The van der Waals surface area contributed by atoms with Gasteiger partial charge in [0.25, 0.3) is 0 Å². The van der Waals surface area contributed by atoms with Crippen molar-refractivity contribution < 1.29 is 0 Å². The average molecular weight is 302 g/mol. The van der Waals surface area contributed by atoms with E-state index in [4.69, 9.17) is 40.5 Å². The minimum Gasteiger partial charge on any atom is -0.397 e. The highest BCUT2D eigenvalue weighted by atomic mass is 35.5. The van der Waals surface area contributed by atoms with Crippen LogP contribution in [0.4, 0.5) is 17.1 Å². The summed E-state index contributed by atoms with van der Waals surface area (Å²) in [7, 11) is 0. The number of hydrogen-bond acceptors (Lipinski definition) is 2. The normalized spacial score (nSPS) is 10.4. The first-order chi connectivity index (χ1) is 8.49. The van der Waals surface area contributed by atoms with Gasteiger partial charge in [0.2, 0.25) is 0 Å². The van der Waals surface area contributed by atoms with Gasteiger partial charge < -0.3 is 11.1 Å². The molecule has 0 saturated carbocycles. The molecule has 0 bridgehead atoms. The van der Waals surface area contributed by atoms with Gasteiger partial charge in [0, 0.05) is 0 Å². The van der Waals surface area contributed by atoms with E-state index in [1.54, 1.807) is 12.1 Å². The van der Waals surface area contributed by atoms with E-state index in [9.17, 15) is 0 Å². The van der Waals surface area contributed by atoms with Crippen molar-refractivity contribution in [2.45, 2.75) is 6.92 Å². The number of nitrogen functional groups attached to an aromatic ring is 1. The predicted molar refractivity (Wildman–Crippen MR) is 80.3 cm³/mol. The van der Waals surface area contributed by atoms with E-state index in [0.717, 1.165) is 11.3 Å². The Morgan fingerprint density at radius 1 is 1.00 bits per heavy atom. The summed E-state index contributed by atoms with van der Waals surface area (Å²) in [5.74, 6) is 0. The Labute approximate surface area is 121 Å². The quantitative estimate of drug-likeness (QED) is 0.740. The highest BCUT2D eigenvalue weighted by Gasteiger charge is 2.08. The van der Waals surface area contributed by atoms with Crippen molar-refractivity contribution in [1.29, 1.82) is 0 Å². The summed E-state index contributed by atoms with van der Waals surface area (Å²) in [6.45, 7) is 1.96. The zero-order chi connectivity index (χ0) is 13.3. The van der Waals surface area contributed by atoms with Gasteiger partial charge in [-0.15, -0.1) is 0 Å². The van der Waals surface area contributed by atoms with Gasteiger partial charge in [-0.3, -0.25) is 0 Å². The van der Waals surface area contributed by atoms with Crippen molar-refractivity contribution in [3.05, 3.63) is 51.0 Å². The fraction of sp³-hybridized carbons (Fsp3) is 0.0769. The van der Waals surface area contributed by atoms with Gasteiger partial charge in [-0.2, -0.15) is 0 Å². The fourth-order valence-corrected chi connectivity index (χ4v) is 2.20. The summed E-state index contributed by atoms with van der Waals surface area (Å²) in [5, 5.41) is 4.67. The Balaban J connectivity index is 2.43. The number of benzene rings is 2. The van der Waals surface area contributed by atoms with Gasteiger partial charge in [0.05, 0.1) is 32.1 Å². The van der Waals surface area contributed by atoms with Gasteiger partial charge in [-0.1, -0.05) is 46.9 Å². The van der Waals surface area contributed by atoms with E-state index in [1.165, 1.54) is 0 Å². The summed E-state index contributed by atoms with van der Waals surface area (Å²) in [6, 6.07) is 8.95. The minimum absolute atomic E-state index is 0.426. The largest absolute Gasteiger partial charge is 0.397 e. The molecule has 2 nitrogen and oxygen atoms in total. The lowest BCUT2D eigenvalue weighted by Crippen LogP contribution is -1.98. The number of para-hydroxylation sites is 1. The van der Waals surface area contributed by atoms with Crippen LogP contribution in [0.5, 0.6) is 0 Å². The Kier molecular flexibility index (Phi) is 3.91. The maximum atomic E-state index is 6.14. The zero-order valence-electron chi connectivity index (χ0n) is 9.60. The third-order valence-corrected chi connectivity index (χ3v) is 3.61. The predicted octanol–water partition coefficient (Wildman–Crippen LogP) is 5.28. The highest BCUT2D eigenvalue weighted by Crippen LogP contribution is 2.35. The molecule has 18 heavy (non-hydrogen) atoms. The molecule has 0 unspecified atom stereocenters. The van der Waals surface area contributed by atoms with Crippen molar-refractivity contribution in [2.24, 2.45) is 0 Å². The summed E-state index contributed by atoms with van der Waals surface area (Å²) in [4.78, 5) is 0. The molecule has 0 heterocycles. The first-order valence-electron chi connectivity index (χ1n) is 5.25. The van der Waals surface area contributed by atoms with Crippen molar-refractivity contribution >= 4 is 51.9 Å². The number of rotatable bonds is 2. The molecule has 0 saturated heterocycles. The Morgan fingerprint density at radius 2 is 1.67 bits per heavy atom. The molecule has 0 radical (unpaired) electrons. The van der Waals surface area contributed by atoms with E-state index < -0.39 is 0 Å². The molecule has 0 aliphatic heterocycles. The fourth-order valence-electron chi connectivity index (χ4n) is 1.60. The molecular weight excluding hydrogens is 291 g/mol. The molecule has 0 atom stereocenters. The van der Waals surface area contributed by atoms with Crippen LogP contribution in [0.3, 0.4) is 0 Å². The van der Waals surface area contributed by atoms with Crippen LogP contribution >= 0.6 is 34.8 Å². The molecule has 0 spiro atoms. The lowest BCUT2D eigenvalue weighted by molar-refractivity contribution is 1.43. The number of nitrogens with two attached hydrogens (primary N) is 1. The van der Waals surface area contributed by atoms with Gasteiger partial charge >= 0.3 is 0 Å². The highest BCUT2D eigenvalue weighted by molar-refractivity contribution is 6.42. The van der Waals surface area contributed by atoms with E-state index in [2.05, 4.69) is 5.32 Å². The van der Waals surface area contributed by atoms with E-state index >= 15 is 0 Å². The minimum atomic E-state index is 0.426. The van der Waals surface area contributed by atoms with Crippen LogP contribution in [0.2, 0.25) is 15.1 Å². The first kappa shape index (κ1) is 13.3. The topological polar surface area (TPSA) is 38.0 Å². The molecule has 2 rings (SSSR count). The molecule has 0 aromatic heterocycles. The molecule has 0 aliphatic carbocycles. The molecule has 5 heteroatoms. The molecule has 2 aromatic rings. The SMILES string of the molecule is Cc1cccc(Cl)c1Nc1cc(Cl)c(Cl)cc1N. The van der Waals surface area contributed by atoms with Crippen LogP contribution < -0.4 is 11.1 Å². The van der Waals surface area contributed by atoms with Crippen LogP contribution in [0, 0.1) is 6.92 Å². The molecule has 2 aromatic carbocycles. The number of halogens is 3. The molecular formula is C13H11Cl3N2. The molecule has 0 aliphatic rings. The second kappa shape index (κ2) is 5.27. The molecule has 94 valence electrons. The number of anilines is 3. The van der Waals surface area contributed by atoms with Gasteiger partial charge in [0.1, 0.15) is 0 Å². The summed E-state index contributed by atoms with van der Waals surface area (Å²) < 4.78 is 0. The first-order valence-corrected chi connectivity index (χ1v) is 6.39. The summed E-state index contributed by atoms with van der Waals surface area (Å²) in [5.41, 5.74) is 8.92. The van der Waals surface area contributed by atoms with Gasteiger partial charge in [-0.05, 0) is 30.7 Å². The van der Waals surface area contributed by atoms with Crippen molar-refractivity contribution in [2.75, 3.05) is 11.1 Å². The number of nitrogens with one attached hydrogen (secondary N) is 1. The smallest absolute Gasteiger partial charge is 0.0643 e. The molecule has 3 N–H and O–H groups in total. The van der Waals surface area contributed by atoms with E-state index in [-0.39, 0.29) is 0 Å². The standard InChI is InChI=1S/C13H11Cl3N2/c1-7-3-2-4-8(14)13(7)18-12-6-10(16)9(15)5-11(12)17/h2-6,18H,17H2,1H3. The second-order valence-electron chi connectivity index (χ2n) is 3.91. The third-order valence-electron chi connectivity index (χ3n) is 2.57. The van der Waals surface area contributed by atoms with Crippen LogP contribution in [0.1, 0.15) is 5.56 Å². The Hall–Kier alpha value is -1.09. The molecule has 0 fully saturated rings. The van der Waals surface area contributed by atoms with Crippen LogP contribution in [0.15, 0.2) is 30.3 Å². The summed E-state index contributed by atoms with van der Waals surface area (Å²) >= 11 is 18.0. The maximum Gasteiger partial charge on any atom is 0.0643 e. The lowest BCUT2D eigenvalue weighted by atomic mass is 10.2. The van der Waals surface area contributed by atoms with Crippen LogP contribution in [0.25, 0.3) is 0 Å². The van der Waals surface area contributed by atoms with Crippen molar-refractivity contribution in [3.63, 3.8) is 0 Å². The van der Waals surface area contributed by atoms with Gasteiger partial charge in [-0.25, -0.2) is 0 Å². The maximum absolute atomic E-state index is 6.14. The number of aryl methyl sites for hydroxylation is 1. The lowest BCUT2D eigenvalue weighted by Gasteiger charge is -2.14. The van der Waals surface area contributed by atoms with Crippen LogP contribution in [-0.2, 0) is 0 Å². The zero-order valence-corrected chi connectivity index (χ0v) is 11.9. The number of hydrogen-bond donors (Lipinski definition) is 2. The Bertz CT molecular complexity index is 577. The van der Waals surface area contributed by atoms with Crippen molar-refractivity contribution in [1.82, 2.24) is 0 Å².